The predicted octanol–water partition coefficient (Wildman–Crippen LogP) is 3.25. The fourth-order valence-corrected chi connectivity index (χ4v) is 2.61. The SMILES string of the molecule is CNC(c1cncc(C)c1)c1ccnc2ccccc12. The number of nitrogens with zero attached hydrogens (tertiary/aromatic N) is 2. The van der Waals surface area contributed by atoms with Crippen LogP contribution in [0.15, 0.2) is 55.0 Å². The fraction of sp³-hybridized carbons (Fsp3) is 0.176. The number of aromatic nitrogens is 2. The molecule has 0 fully saturated rings. The Kier molecular flexibility index (Phi) is 3.44. The van der Waals surface area contributed by atoms with Crippen molar-refractivity contribution in [3.05, 3.63) is 71.7 Å². The molecule has 2 heterocycles. The van der Waals surface area contributed by atoms with E-state index < -0.39 is 0 Å². The molecule has 0 bridgehead atoms. The summed E-state index contributed by atoms with van der Waals surface area (Å²) in [5.41, 5.74) is 4.58. The smallest absolute Gasteiger partial charge is 0.0705 e. The van der Waals surface area contributed by atoms with Gasteiger partial charge < -0.3 is 5.32 Å². The van der Waals surface area contributed by atoms with E-state index in [1.165, 1.54) is 22.1 Å². The first-order valence-electron chi connectivity index (χ1n) is 6.72. The topological polar surface area (TPSA) is 37.8 Å². The van der Waals surface area contributed by atoms with Crippen molar-refractivity contribution in [2.75, 3.05) is 7.05 Å². The minimum Gasteiger partial charge on any atom is -0.309 e. The molecule has 3 nitrogen and oxygen atoms in total. The van der Waals surface area contributed by atoms with Gasteiger partial charge in [0.25, 0.3) is 0 Å². The summed E-state index contributed by atoms with van der Waals surface area (Å²) in [5.74, 6) is 0. The predicted molar refractivity (Wildman–Crippen MR) is 81.6 cm³/mol. The summed E-state index contributed by atoms with van der Waals surface area (Å²) < 4.78 is 0. The van der Waals surface area contributed by atoms with E-state index in [0.29, 0.717) is 0 Å². The van der Waals surface area contributed by atoms with Gasteiger partial charge in [-0.1, -0.05) is 24.3 Å². The third-order valence-electron chi connectivity index (χ3n) is 3.51. The molecule has 1 aromatic carbocycles. The second-order valence-electron chi connectivity index (χ2n) is 4.93. The van der Waals surface area contributed by atoms with E-state index in [1.54, 1.807) is 0 Å². The highest BCUT2D eigenvalue weighted by Gasteiger charge is 2.15. The van der Waals surface area contributed by atoms with Gasteiger partial charge in [0.2, 0.25) is 0 Å². The Morgan fingerprint density at radius 1 is 1.10 bits per heavy atom. The highest BCUT2D eigenvalue weighted by molar-refractivity contribution is 5.82. The Morgan fingerprint density at radius 2 is 1.95 bits per heavy atom. The number of hydrogen-bond donors (Lipinski definition) is 1. The van der Waals surface area contributed by atoms with E-state index in [9.17, 15) is 0 Å². The highest BCUT2D eigenvalue weighted by atomic mass is 14.9. The van der Waals surface area contributed by atoms with Crippen molar-refractivity contribution in [3.8, 4) is 0 Å². The van der Waals surface area contributed by atoms with Gasteiger partial charge in [-0.05, 0) is 42.8 Å². The summed E-state index contributed by atoms with van der Waals surface area (Å²) >= 11 is 0. The van der Waals surface area contributed by atoms with Crippen molar-refractivity contribution < 1.29 is 0 Å². The van der Waals surface area contributed by atoms with Gasteiger partial charge in [0.15, 0.2) is 0 Å². The molecule has 0 radical (unpaired) electrons. The molecule has 100 valence electrons. The second-order valence-corrected chi connectivity index (χ2v) is 4.93. The van der Waals surface area contributed by atoms with Crippen molar-refractivity contribution >= 4 is 10.9 Å². The molecule has 0 aliphatic carbocycles. The molecule has 1 unspecified atom stereocenters. The lowest BCUT2D eigenvalue weighted by Crippen LogP contribution is -2.18. The van der Waals surface area contributed by atoms with Crippen LogP contribution in [-0.2, 0) is 0 Å². The van der Waals surface area contributed by atoms with Crippen molar-refractivity contribution in [1.82, 2.24) is 15.3 Å². The zero-order valence-corrected chi connectivity index (χ0v) is 11.7. The van der Waals surface area contributed by atoms with Gasteiger partial charge in [0, 0.05) is 24.0 Å². The van der Waals surface area contributed by atoms with E-state index in [1.807, 2.05) is 37.8 Å². The summed E-state index contributed by atoms with van der Waals surface area (Å²) in [5, 5.41) is 4.56. The molecular formula is C17H17N3. The number of fused-ring (bicyclic) bond motifs is 1. The molecule has 20 heavy (non-hydrogen) atoms. The third-order valence-corrected chi connectivity index (χ3v) is 3.51. The third kappa shape index (κ3) is 2.28. The second kappa shape index (κ2) is 5.39. The molecule has 3 aromatic rings. The lowest BCUT2D eigenvalue weighted by atomic mass is 9.96. The molecule has 1 atom stereocenters. The van der Waals surface area contributed by atoms with E-state index in [-0.39, 0.29) is 6.04 Å². The van der Waals surface area contributed by atoms with E-state index >= 15 is 0 Å². The van der Waals surface area contributed by atoms with Gasteiger partial charge in [-0.15, -0.1) is 0 Å². The maximum atomic E-state index is 4.43. The van der Waals surface area contributed by atoms with Crippen LogP contribution in [-0.4, -0.2) is 17.0 Å². The maximum absolute atomic E-state index is 4.43. The number of benzene rings is 1. The van der Waals surface area contributed by atoms with Gasteiger partial charge in [-0.25, -0.2) is 0 Å². The van der Waals surface area contributed by atoms with Crippen LogP contribution in [0, 0.1) is 6.92 Å². The van der Waals surface area contributed by atoms with Crippen LogP contribution in [0.25, 0.3) is 10.9 Å². The normalized spacial score (nSPS) is 12.5. The van der Waals surface area contributed by atoms with Crippen LogP contribution < -0.4 is 5.32 Å². The lowest BCUT2D eigenvalue weighted by Gasteiger charge is -2.19. The molecule has 0 amide bonds. The lowest BCUT2D eigenvalue weighted by molar-refractivity contribution is 0.692. The summed E-state index contributed by atoms with van der Waals surface area (Å²) in [6.45, 7) is 2.06. The molecule has 1 N–H and O–H groups in total. The van der Waals surface area contributed by atoms with Crippen molar-refractivity contribution in [3.63, 3.8) is 0 Å². The first-order chi connectivity index (χ1) is 9.79. The van der Waals surface area contributed by atoms with Crippen LogP contribution in [0.3, 0.4) is 0 Å². The Morgan fingerprint density at radius 3 is 2.75 bits per heavy atom. The summed E-state index contributed by atoms with van der Waals surface area (Å²) in [6, 6.07) is 12.6. The monoisotopic (exact) mass is 263 g/mol. The van der Waals surface area contributed by atoms with Crippen molar-refractivity contribution in [2.24, 2.45) is 0 Å². The average molecular weight is 263 g/mol. The largest absolute Gasteiger partial charge is 0.309 e. The van der Waals surface area contributed by atoms with Crippen molar-refractivity contribution in [1.29, 1.82) is 0 Å². The molecule has 0 spiro atoms. The number of hydrogen-bond acceptors (Lipinski definition) is 3. The van der Waals surface area contributed by atoms with Gasteiger partial charge in [0.1, 0.15) is 0 Å². The molecule has 3 rings (SSSR count). The Hall–Kier alpha value is -2.26. The molecule has 0 saturated carbocycles. The Bertz CT molecular complexity index is 732. The molecule has 0 aliphatic heterocycles. The quantitative estimate of drug-likeness (QED) is 0.788. The number of para-hydroxylation sites is 1. The van der Waals surface area contributed by atoms with E-state index in [2.05, 4.69) is 46.5 Å². The molecule has 2 aromatic heterocycles. The average Bonchev–Trinajstić information content (AvgIpc) is 2.48. The van der Waals surface area contributed by atoms with Crippen LogP contribution in [0.4, 0.5) is 0 Å². The first kappa shape index (κ1) is 12.8. The summed E-state index contributed by atoms with van der Waals surface area (Å²) in [7, 11) is 1.97. The van der Waals surface area contributed by atoms with Gasteiger partial charge >= 0.3 is 0 Å². The molecule has 0 saturated heterocycles. The molecular weight excluding hydrogens is 246 g/mol. The number of aryl methyl sites for hydroxylation is 1. The van der Waals surface area contributed by atoms with E-state index in [4.69, 9.17) is 0 Å². The minimum absolute atomic E-state index is 0.121. The maximum Gasteiger partial charge on any atom is 0.0705 e. The Balaban J connectivity index is 2.17. The Labute approximate surface area is 118 Å². The first-order valence-corrected chi connectivity index (χ1v) is 6.72. The number of pyridine rings is 2. The zero-order valence-electron chi connectivity index (χ0n) is 11.7. The van der Waals surface area contributed by atoms with Crippen LogP contribution >= 0.6 is 0 Å². The summed E-state index contributed by atoms with van der Waals surface area (Å²) in [6.07, 6.45) is 5.66. The van der Waals surface area contributed by atoms with Crippen LogP contribution in [0.5, 0.6) is 0 Å². The van der Waals surface area contributed by atoms with Gasteiger partial charge in [0.05, 0.1) is 11.6 Å². The summed E-state index contributed by atoms with van der Waals surface area (Å²) in [4.78, 5) is 8.73. The number of nitrogens with one attached hydrogen (secondary N) is 1. The highest BCUT2D eigenvalue weighted by Crippen LogP contribution is 2.27. The van der Waals surface area contributed by atoms with Crippen molar-refractivity contribution in [2.45, 2.75) is 13.0 Å². The number of rotatable bonds is 3. The van der Waals surface area contributed by atoms with Gasteiger partial charge in [-0.2, -0.15) is 0 Å². The standard InChI is InChI=1S/C17H17N3/c1-12-9-13(11-19-10-12)17(18-2)15-7-8-20-16-6-4-3-5-14(15)16/h3-11,17-18H,1-2H3. The zero-order chi connectivity index (χ0) is 13.9. The minimum atomic E-state index is 0.121. The van der Waals surface area contributed by atoms with E-state index in [0.717, 1.165) is 5.52 Å². The van der Waals surface area contributed by atoms with Crippen LogP contribution in [0.2, 0.25) is 0 Å². The molecule has 3 heteroatoms. The molecule has 0 aliphatic rings. The van der Waals surface area contributed by atoms with Crippen LogP contribution in [0.1, 0.15) is 22.7 Å². The van der Waals surface area contributed by atoms with Gasteiger partial charge in [-0.3, -0.25) is 9.97 Å². The fourth-order valence-electron chi connectivity index (χ4n) is 2.61.